The van der Waals surface area contributed by atoms with Gasteiger partial charge in [-0.3, -0.25) is 14.5 Å². The summed E-state index contributed by atoms with van der Waals surface area (Å²) < 4.78 is 32.4. The highest BCUT2D eigenvalue weighted by atomic mass is 19.3. The topological polar surface area (TPSA) is 59.5 Å². The van der Waals surface area contributed by atoms with Gasteiger partial charge in [0, 0.05) is 32.0 Å². The van der Waals surface area contributed by atoms with Gasteiger partial charge in [-0.2, -0.15) is 0 Å². The van der Waals surface area contributed by atoms with Crippen LogP contribution in [0.25, 0.3) is 0 Å². The van der Waals surface area contributed by atoms with Crippen molar-refractivity contribution in [2.75, 3.05) is 18.1 Å². The normalized spacial score (nSPS) is 14.0. The first kappa shape index (κ1) is 21.3. The molecule has 2 heterocycles. The number of nitrogens with zero attached hydrogens (tertiary/aromatic N) is 2. The summed E-state index contributed by atoms with van der Waals surface area (Å²) in [4.78, 5) is 29.2. The summed E-state index contributed by atoms with van der Waals surface area (Å²) >= 11 is 0. The average molecular weight is 382 g/mol. The van der Waals surface area contributed by atoms with Gasteiger partial charge in [0.25, 0.3) is 0 Å². The number of carbonyl (C=O) groups is 2. The number of aryl methyl sites for hydroxylation is 2. The molecule has 0 atom stereocenters. The fourth-order valence-electron chi connectivity index (χ4n) is 3.26. The molecule has 0 aromatic carbocycles. The van der Waals surface area contributed by atoms with E-state index < -0.39 is 18.3 Å². The zero-order valence-electron chi connectivity index (χ0n) is 16.1. The van der Waals surface area contributed by atoms with Crippen LogP contribution in [0.3, 0.4) is 0 Å². The first-order valence-electron chi connectivity index (χ1n) is 9.63. The number of hydrogen-bond donors (Lipinski definition) is 0. The molecule has 0 saturated carbocycles. The van der Waals surface area contributed by atoms with Crippen LogP contribution in [0.1, 0.15) is 63.6 Å². The van der Waals surface area contributed by atoms with E-state index in [1.165, 1.54) is 6.92 Å². The van der Waals surface area contributed by atoms with Crippen molar-refractivity contribution >= 4 is 17.7 Å². The molecular formula is C20H28F2N2O3. The van der Waals surface area contributed by atoms with Gasteiger partial charge in [-0.25, -0.2) is 13.8 Å². The van der Waals surface area contributed by atoms with E-state index in [-0.39, 0.29) is 25.4 Å². The number of unbranched alkanes of at least 4 members (excludes halogenated alkanes) is 1. The smallest absolute Gasteiger partial charge is 0.305 e. The van der Waals surface area contributed by atoms with Gasteiger partial charge in [0.05, 0.1) is 13.0 Å². The quantitative estimate of drug-likeness (QED) is 0.477. The lowest BCUT2D eigenvalue weighted by atomic mass is 10.0. The number of aromatic nitrogens is 1. The fourth-order valence-corrected chi connectivity index (χ4v) is 3.26. The second-order valence-electron chi connectivity index (χ2n) is 6.93. The monoisotopic (exact) mass is 382 g/mol. The maximum absolute atomic E-state index is 13.8. The summed E-state index contributed by atoms with van der Waals surface area (Å²) in [5, 5.41) is 0. The van der Waals surface area contributed by atoms with Gasteiger partial charge < -0.3 is 4.74 Å². The average Bonchev–Trinajstić information content (AvgIpc) is 2.63. The largest absolute Gasteiger partial charge is 0.466 e. The Morgan fingerprint density at radius 2 is 2.04 bits per heavy atom. The fraction of sp³-hybridized carbons (Fsp3) is 0.650. The van der Waals surface area contributed by atoms with Gasteiger partial charge in [0.15, 0.2) is 0 Å². The molecule has 1 amide bonds. The molecule has 1 aromatic rings. The molecule has 5 nitrogen and oxygen atoms in total. The van der Waals surface area contributed by atoms with E-state index in [9.17, 15) is 18.4 Å². The Morgan fingerprint density at radius 3 is 2.74 bits per heavy atom. The summed E-state index contributed by atoms with van der Waals surface area (Å²) in [5.41, 5.74) is 1.88. The third-order valence-electron chi connectivity index (χ3n) is 4.70. The van der Waals surface area contributed by atoms with E-state index >= 15 is 0 Å². The van der Waals surface area contributed by atoms with Crippen molar-refractivity contribution < 1.29 is 23.1 Å². The van der Waals surface area contributed by atoms with Gasteiger partial charge in [-0.05, 0) is 50.7 Å². The minimum atomic E-state index is -2.86. The summed E-state index contributed by atoms with van der Waals surface area (Å²) in [6.45, 7) is 4.06. The molecule has 150 valence electrons. The molecule has 27 heavy (non-hydrogen) atoms. The number of carbonyl (C=O) groups excluding carboxylic acids is 2. The predicted molar refractivity (Wildman–Crippen MR) is 99.0 cm³/mol. The zero-order valence-corrected chi connectivity index (χ0v) is 16.1. The van der Waals surface area contributed by atoms with Crippen LogP contribution in [0, 0.1) is 0 Å². The highest BCUT2D eigenvalue weighted by Gasteiger charge is 2.29. The van der Waals surface area contributed by atoms with Crippen molar-refractivity contribution in [2.45, 2.75) is 71.1 Å². The number of alkyl halides is 2. The van der Waals surface area contributed by atoms with Crippen LogP contribution in [-0.2, 0) is 27.2 Å². The summed E-state index contributed by atoms with van der Waals surface area (Å²) in [6, 6.07) is 3.90. The van der Waals surface area contributed by atoms with Crippen molar-refractivity contribution in [3.05, 3.63) is 23.4 Å². The lowest BCUT2D eigenvalue weighted by Gasteiger charge is -2.27. The molecule has 0 aliphatic carbocycles. The Labute approximate surface area is 159 Å². The first-order valence-corrected chi connectivity index (χ1v) is 9.63. The summed E-state index contributed by atoms with van der Waals surface area (Å²) in [7, 11) is 0. The maximum Gasteiger partial charge on any atom is 0.305 e. The number of rotatable bonds is 9. The second kappa shape index (κ2) is 9.76. The molecule has 0 N–H and O–H groups in total. The molecule has 0 bridgehead atoms. The van der Waals surface area contributed by atoms with Crippen molar-refractivity contribution in [2.24, 2.45) is 0 Å². The van der Waals surface area contributed by atoms with Crippen LogP contribution in [0.5, 0.6) is 0 Å². The van der Waals surface area contributed by atoms with Crippen LogP contribution in [-0.4, -0.2) is 35.9 Å². The van der Waals surface area contributed by atoms with Crippen molar-refractivity contribution in [3.63, 3.8) is 0 Å². The minimum absolute atomic E-state index is 0.0261. The molecule has 0 saturated heterocycles. The molecule has 0 spiro atoms. The van der Waals surface area contributed by atoms with Crippen molar-refractivity contribution in [3.8, 4) is 0 Å². The Hall–Kier alpha value is -2.05. The molecule has 2 rings (SSSR count). The number of anilines is 1. The van der Waals surface area contributed by atoms with Crippen LogP contribution >= 0.6 is 0 Å². The Balaban J connectivity index is 1.81. The van der Waals surface area contributed by atoms with Crippen LogP contribution in [0.4, 0.5) is 14.6 Å². The number of fused-ring (bicyclic) bond motifs is 1. The van der Waals surface area contributed by atoms with Crippen molar-refractivity contribution in [1.82, 2.24) is 4.98 Å². The SMILES string of the molecule is CCOC(=O)CCC(F)(F)CCCCc1ccc2c(n1)N(C(C)=O)CCC2. The van der Waals surface area contributed by atoms with E-state index in [1.54, 1.807) is 11.8 Å². The van der Waals surface area contributed by atoms with Crippen LogP contribution < -0.4 is 4.90 Å². The summed E-state index contributed by atoms with van der Waals surface area (Å²) in [5.74, 6) is -2.75. The molecule has 0 radical (unpaired) electrons. The number of pyridine rings is 1. The van der Waals surface area contributed by atoms with Gasteiger partial charge in [0.2, 0.25) is 11.8 Å². The van der Waals surface area contributed by atoms with E-state index in [2.05, 4.69) is 9.72 Å². The number of esters is 1. The number of amides is 1. The number of halogens is 2. The standard InChI is InChI=1S/C20H28F2N2O3/c1-3-27-18(26)11-13-20(21,22)12-5-4-8-17-10-9-16-7-6-14-24(15(2)25)19(16)23-17/h9-10H,3-8,11-14H2,1-2H3. The highest BCUT2D eigenvalue weighted by Crippen LogP contribution is 2.28. The molecule has 0 unspecified atom stereocenters. The molecule has 0 fully saturated rings. The van der Waals surface area contributed by atoms with Gasteiger partial charge >= 0.3 is 5.97 Å². The zero-order chi connectivity index (χ0) is 19.9. The summed E-state index contributed by atoms with van der Waals surface area (Å²) in [6.07, 6.45) is 2.37. The van der Waals surface area contributed by atoms with E-state index in [0.29, 0.717) is 31.6 Å². The van der Waals surface area contributed by atoms with Gasteiger partial charge in [0.1, 0.15) is 5.82 Å². The van der Waals surface area contributed by atoms with Gasteiger partial charge in [-0.15, -0.1) is 0 Å². The van der Waals surface area contributed by atoms with Crippen LogP contribution in [0.2, 0.25) is 0 Å². The van der Waals surface area contributed by atoms with E-state index in [1.807, 2.05) is 12.1 Å². The highest BCUT2D eigenvalue weighted by molar-refractivity contribution is 5.91. The van der Waals surface area contributed by atoms with Crippen molar-refractivity contribution in [1.29, 1.82) is 0 Å². The lowest BCUT2D eigenvalue weighted by Crippen LogP contribution is -2.34. The van der Waals surface area contributed by atoms with Crippen LogP contribution in [0.15, 0.2) is 12.1 Å². The van der Waals surface area contributed by atoms with Gasteiger partial charge in [-0.1, -0.05) is 6.07 Å². The Bertz CT molecular complexity index is 665. The first-order chi connectivity index (χ1) is 12.8. The number of hydrogen-bond acceptors (Lipinski definition) is 4. The maximum atomic E-state index is 13.8. The van der Waals surface area contributed by atoms with E-state index in [0.717, 1.165) is 24.1 Å². The second-order valence-corrected chi connectivity index (χ2v) is 6.93. The third-order valence-corrected chi connectivity index (χ3v) is 4.70. The molecule has 1 aliphatic rings. The predicted octanol–water partition coefficient (Wildman–Crippen LogP) is 4.07. The van der Waals surface area contributed by atoms with E-state index in [4.69, 9.17) is 0 Å². The molecule has 1 aliphatic heterocycles. The Morgan fingerprint density at radius 1 is 1.26 bits per heavy atom. The third kappa shape index (κ3) is 6.56. The molecular weight excluding hydrogens is 354 g/mol. The lowest BCUT2D eigenvalue weighted by molar-refractivity contribution is -0.145. The molecule has 1 aromatic heterocycles. The number of ether oxygens (including phenoxy) is 1. The minimum Gasteiger partial charge on any atom is -0.466 e. The Kier molecular flexibility index (Phi) is 7.68. The molecule has 7 heteroatoms.